The first-order chi connectivity index (χ1) is 15.7. The van der Waals surface area contributed by atoms with Gasteiger partial charge in [-0.1, -0.05) is 13.0 Å². The van der Waals surface area contributed by atoms with Crippen molar-refractivity contribution in [3.05, 3.63) is 64.5 Å². The zero-order valence-corrected chi connectivity index (χ0v) is 18.9. The molecule has 2 aromatic rings. The lowest BCUT2D eigenvalue weighted by Gasteiger charge is -2.30. The number of nitrogens with two attached hydrogens (primary N) is 1. The minimum Gasteiger partial charge on any atom is -0.327 e. The average molecular weight is 459 g/mol. The van der Waals surface area contributed by atoms with Crippen LogP contribution >= 0.6 is 0 Å². The Hall–Kier alpha value is -2.67. The number of Topliss-reactive ketones (excluding diaryl/α,β-unsaturated/α-hetero) is 1. The maximum Gasteiger partial charge on any atom is 0.227 e. The number of hydrogen-bond donors (Lipinski definition) is 1. The molecular weight excluding hydrogens is 429 g/mol. The molecule has 0 fully saturated rings. The van der Waals surface area contributed by atoms with Crippen LogP contribution in [0.3, 0.4) is 0 Å². The number of rotatable bonds is 5. The van der Waals surface area contributed by atoms with E-state index in [1.807, 2.05) is 6.92 Å². The zero-order chi connectivity index (χ0) is 23.9. The van der Waals surface area contributed by atoms with Crippen LogP contribution in [0.4, 0.5) is 18.9 Å². The van der Waals surface area contributed by atoms with E-state index in [0.717, 1.165) is 11.1 Å². The second-order valence-electron chi connectivity index (χ2n) is 9.46. The third kappa shape index (κ3) is 4.69. The van der Waals surface area contributed by atoms with Gasteiger partial charge in [0.2, 0.25) is 5.91 Å². The van der Waals surface area contributed by atoms with Gasteiger partial charge in [0.15, 0.2) is 11.6 Å². The molecule has 33 heavy (non-hydrogen) atoms. The molecule has 1 aliphatic heterocycles. The summed E-state index contributed by atoms with van der Waals surface area (Å²) in [5, 5.41) is 0. The van der Waals surface area contributed by atoms with E-state index in [0.29, 0.717) is 36.9 Å². The maximum absolute atomic E-state index is 13.8. The molecule has 4 atom stereocenters. The van der Waals surface area contributed by atoms with Crippen molar-refractivity contribution < 1.29 is 22.8 Å². The molecule has 0 bridgehead atoms. The molecule has 4 rings (SSSR count). The van der Waals surface area contributed by atoms with Crippen molar-refractivity contribution in [2.75, 3.05) is 11.9 Å². The highest BCUT2D eigenvalue weighted by atomic mass is 19.2. The van der Waals surface area contributed by atoms with Crippen molar-refractivity contribution in [2.24, 2.45) is 17.6 Å². The Balaban J connectivity index is 1.45. The Morgan fingerprint density at radius 1 is 1.09 bits per heavy atom. The quantitative estimate of drug-likeness (QED) is 0.708. The molecule has 1 aliphatic carbocycles. The summed E-state index contributed by atoms with van der Waals surface area (Å²) < 4.78 is 41.0. The van der Waals surface area contributed by atoms with E-state index >= 15 is 0 Å². The van der Waals surface area contributed by atoms with Gasteiger partial charge in [-0.25, -0.2) is 13.2 Å². The molecule has 2 aliphatic rings. The van der Waals surface area contributed by atoms with Crippen LogP contribution in [0.5, 0.6) is 0 Å². The summed E-state index contributed by atoms with van der Waals surface area (Å²) in [6.45, 7) is 1.83. The molecule has 1 heterocycles. The van der Waals surface area contributed by atoms with Crippen LogP contribution in [-0.4, -0.2) is 24.8 Å². The summed E-state index contributed by atoms with van der Waals surface area (Å²) in [5.74, 6) is -3.06. The summed E-state index contributed by atoms with van der Waals surface area (Å²) >= 11 is 0. The fourth-order valence-corrected chi connectivity index (χ4v) is 5.33. The van der Waals surface area contributed by atoms with E-state index in [2.05, 4.69) is 0 Å². The molecule has 0 saturated heterocycles. The van der Waals surface area contributed by atoms with Crippen LogP contribution in [0, 0.1) is 29.3 Å². The molecule has 0 saturated carbocycles. The number of amides is 1. The van der Waals surface area contributed by atoms with Gasteiger partial charge in [0.05, 0.1) is 0 Å². The van der Waals surface area contributed by atoms with Crippen LogP contribution in [0.15, 0.2) is 30.3 Å². The van der Waals surface area contributed by atoms with Gasteiger partial charge < -0.3 is 10.6 Å². The fourth-order valence-electron chi connectivity index (χ4n) is 5.33. The number of halogens is 3. The zero-order valence-electron chi connectivity index (χ0n) is 18.9. The Labute approximate surface area is 192 Å². The molecule has 0 radical (unpaired) electrons. The number of anilines is 1. The second-order valence-corrected chi connectivity index (χ2v) is 9.46. The predicted molar refractivity (Wildman–Crippen MR) is 120 cm³/mol. The summed E-state index contributed by atoms with van der Waals surface area (Å²) in [6.07, 6.45) is 2.86. The van der Waals surface area contributed by atoms with Crippen molar-refractivity contribution in [1.29, 1.82) is 0 Å². The standard InChI is InChI=1S/C26H29F3N2O2/c1-14(16-4-3-15-5-7-18(27)11-24(15)31(2)26(33)10-16)25(32)13-23(30)19-8-6-17-9-21(28)22(29)12-20(17)19/h5,7,9,11-12,14,16,19,23H,3-4,6,8,10,13,30H2,1-2H3. The van der Waals surface area contributed by atoms with Crippen LogP contribution in [-0.2, 0) is 22.4 Å². The molecule has 176 valence electrons. The number of benzene rings is 2. The van der Waals surface area contributed by atoms with E-state index in [9.17, 15) is 22.8 Å². The van der Waals surface area contributed by atoms with Crippen LogP contribution in [0.1, 0.15) is 55.2 Å². The number of carbonyl (C=O) groups is 2. The van der Waals surface area contributed by atoms with Crippen LogP contribution in [0.2, 0.25) is 0 Å². The third-order valence-corrected chi connectivity index (χ3v) is 7.48. The SMILES string of the molecule is CC(C(=O)CC(N)C1CCc2cc(F)c(F)cc21)C1CCc2ccc(F)cc2N(C)C(=O)C1. The fraction of sp³-hybridized carbons (Fsp3) is 0.462. The van der Waals surface area contributed by atoms with Crippen molar-refractivity contribution in [3.63, 3.8) is 0 Å². The highest BCUT2D eigenvalue weighted by molar-refractivity contribution is 5.94. The number of fused-ring (bicyclic) bond motifs is 2. The first kappa shape index (κ1) is 23.5. The largest absolute Gasteiger partial charge is 0.327 e. The van der Waals surface area contributed by atoms with Gasteiger partial charge in [-0.05, 0) is 72.6 Å². The minimum atomic E-state index is -0.898. The van der Waals surface area contributed by atoms with Gasteiger partial charge in [-0.15, -0.1) is 0 Å². The summed E-state index contributed by atoms with van der Waals surface area (Å²) in [5.41, 5.74) is 9.27. The predicted octanol–water partition coefficient (Wildman–Crippen LogP) is 4.67. The number of carbonyl (C=O) groups excluding carboxylic acids is 2. The lowest BCUT2D eigenvalue weighted by atomic mass is 9.79. The van der Waals surface area contributed by atoms with Gasteiger partial charge in [-0.3, -0.25) is 9.59 Å². The topological polar surface area (TPSA) is 63.4 Å². The van der Waals surface area contributed by atoms with E-state index < -0.39 is 17.7 Å². The smallest absolute Gasteiger partial charge is 0.227 e. The molecule has 4 nitrogen and oxygen atoms in total. The van der Waals surface area contributed by atoms with Crippen molar-refractivity contribution in [1.82, 2.24) is 0 Å². The number of hydrogen-bond acceptors (Lipinski definition) is 3. The van der Waals surface area contributed by atoms with Crippen molar-refractivity contribution >= 4 is 17.4 Å². The van der Waals surface area contributed by atoms with E-state index in [4.69, 9.17) is 5.73 Å². The molecule has 4 unspecified atom stereocenters. The second kappa shape index (κ2) is 9.29. The van der Waals surface area contributed by atoms with E-state index in [-0.39, 0.29) is 48.1 Å². The van der Waals surface area contributed by atoms with Gasteiger partial charge in [0.25, 0.3) is 0 Å². The molecule has 0 aromatic heterocycles. The molecule has 1 amide bonds. The van der Waals surface area contributed by atoms with Gasteiger partial charge in [0.1, 0.15) is 11.6 Å². The maximum atomic E-state index is 13.8. The van der Waals surface area contributed by atoms with E-state index in [1.165, 1.54) is 29.2 Å². The van der Waals surface area contributed by atoms with E-state index in [1.54, 1.807) is 13.1 Å². The molecule has 2 N–H and O–H groups in total. The van der Waals surface area contributed by atoms with Gasteiger partial charge in [-0.2, -0.15) is 0 Å². The highest BCUT2D eigenvalue weighted by Gasteiger charge is 2.34. The average Bonchev–Trinajstić information content (AvgIpc) is 3.18. The summed E-state index contributed by atoms with van der Waals surface area (Å²) in [7, 11) is 1.63. The molecular formula is C26H29F3N2O2. The monoisotopic (exact) mass is 458 g/mol. The highest BCUT2D eigenvalue weighted by Crippen LogP contribution is 2.38. The van der Waals surface area contributed by atoms with Crippen molar-refractivity contribution in [3.8, 4) is 0 Å². The first-order valence-corrected chi connectivity index (χ1v) is 11.5. The Bertz CT molecular complexity index is 1090. The van der Waals surface area contributed by atoms with Gasteiger partial charge in [0, 0.05) is 43.5 Å². The van der Waals surface area contributed by atoms with Crippen LogP contribution in [0.25, 0.3) is 0 Å². The number of ketones is 1. The molecule has 0 spiro atoms. The first-order valence-electron chi connectivity index (χ1n) is 11.5. The Kier molecular flexibility index (Phi) is 6.61. The van der Waals surface area contributed by atoms with Crippen LogP contribution < -0.4 is 10.6 Å². The number of nitrogens with zero attached hydrogens (tertiary/aromatic N) is 1. The minimum absolute atomic E-state index is 0.0288. The third-order valence-electron chi connectivity index (χ3n) is 7.48. The lowest BCUT2D eigenvalue weighted by molar-refractivity contribution is -0.125. The van der Waals surface area contributed by atoms with Crippen molar-refractivity contribution in [2.45, 2.75) is 57.4 Å². The van der Waals surface area contributed by atoms with Gasteiger partial charge >= 0.3 is 0 Å². The normalized spacial score (nSPS) is 22.2. The Morgan fingerprint density at radius 3 is 2.55 bits per heavy atom. The molecule has 7 heteroatoms. The lowest BCUT2D eigenvalue weighted by Crippen LogP contribution is -2.37. The number of aryl methyl sites for hydroxylation is 2. The molecule has 2 aromatic carbocycles. The Morgan fingerprint density at radius 2 is 1.79 bits per heavy atom. The summed E-state index contributed by atoms with van der Waals surface area (Å²) in [6, 6.07) is 6.38. The summed E-state index contributed by atoms with van der Waals surface area (Å²) in [4.78, 5) is 27.4.